The lowest BCUT2D eigenvalue weighted by Crippen LogP contribution is -2.42. The molecular weight excluding hydrogens is 509 g/mol. The minimum Gasteiger partial charge on any atom is -0.496 e. The molecule has 0 aliphatic heterocycles. The molecule has 1 aliphatic carbocycles. The van der Waals surface area contributed by atoms with Crippen LogP contribution in [0.2, 0.25) is 0 Å². The zero-order valence-electron chi connectivity index (χ0n) is 17.2. The normalized spacial score (nSPS) is 15.9. The van der Waals surface area contributed by atoms with Gasteiger partial charge in [0.2, 0.25) is 0 Å². The summed E-state index contributed by atoms with van der Waals surface area (Å²) in [6, 6.07) is 18.5. The van der Waals surface area contributed by atoms with E-state index >= 15 is 0 Å². The summed E-state index contributed by atoms with van der Waals surface area (Å²) in [5.74, 6) is 1.64. The van der Waals surface area contributed by atoms with Crippen molar-refractivity contribution in [3.63, 3.8) is 0 Å². The van der Waals surface area contributed by atoms with E-state index in [1.54, 1.807) is 25.5 Å². The Balaban J connectivity index is 0.00000256. The number of halogens is 1. The highest BCUT2D eigenvalue weighted by Crippen LogP contribution is 2.50. The third-order valence-corrected chi connectivity index (χ3v) is 6.80. The zero-order valence-corrected chi connectivity index (χ0v) is 20.4. The van der Waals surface area contributed by atoms with Crippen molar-refractivity contribution < 1.29 is 9.84 Å². The van der Waals surface area contributed by atoms with Gasteiger partial charge in [-0.1, -0.05) is 36.4 Å². The molecule has 3 N–H and O–H groups in total. The van der Waals surface area contributed by atoms with E-state index in [0.717, 1.165) is 30.0 Å². The van der Waals surface area contributed by atoms with E-state index in [9.17, 15) is 5.11 Å². The third kappa shape index (κ3) is 4.90. The summed E-state index contributed by atoms with van der Waals surface area (Å²) >= 11 is 1.63. The van der Waals surface area contributed by atoms with E-state index in [2.05, 4.69) is 46.0 Å². The first kappa shape index (κ1) is 22.8. The Kier molecular flexibility index (Phi) is 7.60. The predicted molar refractivity (Wildman–Crippen MR) is 135 cm³/mol. The van der Waals surface area contributed by atoms with Crippen LogP contribution in [0.4, 0.5) is 0 Å². The number of nitrogens with zero attached hydrogens (tertiary/aromatic N) is 1. The van der Waals surface area contributed by atoms with Gasteiger partial charge in [-0.05, 0) is 36.4 Å². The van der Waals surface area contributed by atoms with E-state index in [0.29, 0.717) is 12.5 Å². The number of aliphatic hydroxyl groups is 1. The number of guanidine groups is 1. The molecule has 1 atom stereocenters. The quantitative estimate of drug-likeness (QED) is 0.237. The molecule has 1 aliphatic rings. The maximum Gasteiger partial charge on any atom is 0.191 e. The molecule has 0 amide bonds. The van der Waals surface area contributed by atoms with Crippen molar-refractivity contribution in [2.45, 2.75) is 24.4 Å². The second kappa shape index (κ2) is 9.98. The number of fused-ring (bicyclic) bond motifs is 1. The molecule has 3 aromatic rings. The minimum absolute atomic E-state index is 0. The van der Waals surface area contributed by atoms with Gasteiger partial charge in [0.1, 0.15) is 11.9 Å². The Morgan fingerprint density at radius 2 is 1.90 bits per heavy atom. The molecule has 0 spiro atoms. The first-order valence-corrected chi connectivity index (χ1v) is 10.7. The first-order valence-electron chi connectivity index (χ1n) is 9.90. The average molecular weight is 537 g/mol. The van der Waals surface area contributed by atoms with Crippen LogP contribution in [0.1, 0.15) is 29.4 Å². The number of benzene rings is 2. The van der Waals surface area contributed by atoms with Gasteiger partial charge < -0.3 is 20.5 Å². The van der Waals surface area contributed by atoms with Gasteiger partial charge in [0.15, 0.2) is 5.96 Å². The summed E-state index contributed by atoms with van der Waals surface area (Å²) in [5, 5.41) is 18.5. The van der Waals surface area contributed by atoms with E-state index in [1.807, 2.05) is 24.3 Å². The number of hydrogen-bond donors (Lipinski definition) is 3. The van der Waals surface area contributed by atoms with Gasteiger partial charge in [-0.25, -0.2) is 0 Å². The smallest absolute Gasteiger partial charge is 0.191 e. The second-order valence-electron chi connectivity index (χ2n) is 7.49. The van der Waals surface area contributed by atoms with Crippen LogP contribution in [-0.4, -0.2) is 38.3 Å². The zero-order chi connectivity index (χ0) is 20.3. The standard InChI is InChI=1S/C23H27N3O2S.HI/c1-24-22(25-14-18(27)21-13-16-7-3-6-10-20(16)29-21)26-15-23(11-12-23)17-8-4-5-9-19(17)28-2;/h3-10,13,18,27H,11-12,14-15H2,1-2H3,(H2,24,25,26);1H. The molecule has 0 bridgehead atoms. The van der Waals surface area contributed by atoms with Gasteiger partial charge in [-0.2, -0.15) is 0 Å². The molecule has 1 saturated carbocycles. The summed E-state index contributed by atoms with van der Waals surface area (Å²) in [5.41, 5.74) is 1.34. The second-order valence-corrected chi connectivity index (χ2v) is 8.61. The van der Waals surface area contributed by atoms with Crippen molar-refractivity contribution in [2.75, 3.05) is 27.2 Å². The van der Waals surface area contributed by atoms with Crippen molar-refractivity contribution in [1.29, 1.82) is 0 Å². The lowest BCUT2D eigenvalue weighted by atomic mass is 9.95. The van der Waals surface area contributed by atoms with Crippen molar-refractivity contribution in [1.82, 2.24) is 10.6 Å². The number of para-hydroxylation sites is 1. The maximum absolute atomic E-state index is 10.6. The Hall–Kier alpha value is -1.84. The van der Waals surface area contributed by atoms with Crippen LogP contribution < -0.4 is 15.4 Å². The first-order chi connectivity index (χ1) is 14.1. The van der Waals surface area contributed by atoms with Crippen LogP contribution >= 0.6 is 35.3 Å². The fraction of sp³-hybridized carbons (Fsp3) is 0.348. The molecule has 7 heteroatoms. The maximum atomic E-state index is 10.6. The Bertz CT molecular complexity index is 983. The molecule has 1 unspecified atom stereocenters. The van der Waals surface area contributed by atoms with Crippen molar-refractivity contribution in [3.8, 4) is 5.75 Å². The fourth-order valence-electron chi connectivity index (χ4n) is 3.71. The topological polar surface area (TPSA) is 65.9 Å². The number of rotatable bonds is 7. The van der Waals surface area contributed by atoms with Gasteiger partial charge >= 0.3 is 0 Å². The minimum atomic E-state index is -0.574. The Morgan fingerprint density at radius 1 is 1.17 bits per heavy atom. The number of nitrogens with one attached hydrogen (secondary N) is 2. The van der Waals surface area contributed by atoms with Crippen LogP contribution in [0.25, 0.3) is 10.1 Å². The van der Waals surface area contributed by atoms with Gasteiger partial charge in [0, 0.05) is 40.7 Å². The van der Waals surface area contributed by atoms with Crippen LogP contribution in [0.15, 0.2) is 59.6 Å². The van der Waals surface area contributed by atoms with Crippen molar-refractivity contribution in [2.24, 2.45) is 4.99 Å². The van der Waals surface area contributed by atoms with Crippen molar-refractivity contribution >= 4 is 51.4 Å². The van der Waals surface area contributed by atoms with Crippen LogP contribution in [-0.2, 0) is 5.41 Å². The lowest BCUT2D eigenvalue weighted by molar-refractivity contribution is 0.184. The van der Waals surface area contributed by atoms with E-state index in [-0.39, 0.29) is 29.4 Å². The summed E-state index contributed by atoms with van der Waals surface area (Å²) in [6.07, 6.45) is 1.68. The van der Waals surface area contributed by atoms with Crippen LogP contribution in [0, 0.1) is 0 Å². The predicted octanol–water partition coefficient (Wildman–Crippen LogP) is 4.46. The monoisotopic (exact) mass is 537 g/mol. The van der Waals surface area contributed by atoms with E-state index in [1.165, 1.54) is 15.6 Å². The molecule has 160 valence electrons. The van der Waals surface area contributed by atoms with Gasteiger partial charge in [0.05, 0.1) is 7.11 Å². The highest BCUT2D eigenvalue weighted by Gasteiger charge is 2.46. The summed E-state index contributed by atoms with van der Waals surface area (Å²) in [4.78, 5) is 5.28. The molecule has 1 heterocycles. The molecule has 1 fully saturated rings. The van der Waals surface area contributed by atoms with Gasteiger partial charge in [-0.15, -0.1) is 35.3 Å². The highest BCUT2D eigenvalue weighted by molar-refractivity contribution is 14.0. The van der Waals surface area contributed by atoms with Crippen LogP contribution in [0.5, 0.6) is 5.75 Å². The summed E-state index contributed by atoms with van der Waals surface area (Å²) < 4.78 is 6.74. The average Bonchev–Trinajstić information content (AvgIpc) is 3.42. The summed E-state index contributed by atoms with van der Waals surface area (Å²) in [6.45, 7) is 1.19. The number of hydrogen-bond acceptors (Lipinski definition) is 4. The van der Waals surface area contributed by atoms with Gasteiger partial charge in [0.25, 0.3) is 0 Å². The highest BCUT2D eigenvalue weighted by atomic mass is 127. The SMILES string of the molecule is CN=C(NCC(O)c1cc2ccccc2s1)NCC1(c2ccccc2OC)CC1.I. The number of methoxy groups -OCH3 is 1. The van der Waals surface area contributed by atoms with Crippen LogP contribution in [0.3, 0.4) is 0 Å². The molecular formula is C23H28IN3O2S. The largest absolute Gasteiger partial charge is 0.496 e. The number of aliphatic imine (C=N–C) groups is 1. The number of thiophene rings is 1. The molecule has 4 rings (SSSR count). The van der Waals surface area contributed by atoms with E-state index < -0.39 is 6.10 Å². The number of ether oxygens (including phenoxy) is 1. The molecule has 0 saturated heterocycles. The van der Waals surface area contributed by atoms with Crippen molar-refractivity contribution in [3.05, 3.63) is 65.0 Å². The molecule has 1 aromatic heterocycles. The summed E-state index contributed by atoms with van der Waals surface area (Å²) in [7, 11) is 3.47. The molecule has 2 aromatic carbocycles. The fourth-order valence-corrected chi connectivity index (χ4v) is 4.76. The van der Waals surface area contributed by atoms with Gasteiger partial charge in [-0.3, -0.25) is 4.99 Å². The third-order valence-electron chi connectivity index (χ3n) is 5.59. The number of aliphatic hydroxyl groups excluding tert-OH is 1. The molecule has 5 nitrogen and oxygen atoms in total. The van der Waals surface area contributed by atoms with E-state index in [4.69, 9.17) is 4.74 Å². The Morgan fingerprint density at radius 3 is 2.60 bits per heavy atom. The Labute approximate surface area is 198 Å². The molecule has 0 radical (unpaired) electrons. The lowest BCUT2D eigenvalue weighted by Gasteiger charge is -2.21. The molecule has 30 heavy (non-hydrogen) atoms.